The molecule has 0 N–H and O–H groups in total. The van der Waals surface area contributed by atoms with Gasteiger partial charge in [0.25, 0.3) is 0 Å². The van der Waals surface area contributed by atoms with Crippen LogP contribution in [0.2, 0.25) is 0 Å². The summed E-state index contributed by atoms with van der Waals surface area (Å²) in [5.41, 5.74) is 0.148. The van der Waals surface area contributed by atoms with E-state index in [0.29, 0.717) is 12.0 Å². The molecule has 1 aliphatic carbocycles. The third-order valence-electron chi connectivity index (χ3n) is 2.56. The Kier molecular flexibility index (Phi) is 3.00. The first-order valence-corrected chi connectivity index (χ1v) is 5.28. The summed E-state index contributed by atoms with van der Waals surface area (Å²) in [5, 5.41) is 0. The molecule has 1 rings (SSSR count). The molecule has 2 atom stereocenters. The second-order valence-corrected chi connectivity index (χ2v) is 4.83. The van der Waals surface area contributed by atoms with Crippen LogP contribution >= 0.6 is 15.9 Å². The van der Waals surface area contributed by atoms with Crippen LogP contribution in [0.15, 0.2) is 10.6 Å². The van der Waals surface area contributed by atoms with E-state index in [1.165, 1.54) is 4.48 Å². The summed E-state index contributed by atoms with van der Waals surface area (Å²) in [6.45, 7) is 9.49. The summed E-state index contributed by atoms with van der Waals surface area (Å²) in [7, 11) is 0. The molecule has 12 heavy (non-hydrogen) atoms. The highest BCUT2D eigenvalue weighted by Crippen LogP contribution is 2.45. The highest BCUT2D eigenvalue weighted by Gasteiger charge is 2.41. The van der Waals surface area contributed by atoms with Gasteiger partial charge in [-0.15, -0.1) is 0 Å². The molecule has 0 unspecified atom stereocenters. The van der Waals surface area contributed by atoms with E-state index >= 15 is 0 Å². The van der Waals surface area contributed by atoms with Gasteiger partial charge in [0.1, 0.15) is 0 Å². The molecule has 0 aliphatic heterocycles. The van der Waals surface area contributed by atoms with Crippen LogP contribution < -0.4 is 0 Å². The summed E-state index contributed by atoms with van der Waals surface area (Å²) >= 11 is 3.59. The largest absolute Gasteiger partial charge is 0.377 e. The number of ether oxygens (including phenoxy) is 1. The Labute approximate surface area is 83.3 Å². The van der Waals surface area contributed by atoms with Crippen LogP contribution in [0.1, 0.15) is 27.7 Å². The zero-order valence-corrected chi connectivity index (χ0v) is 9.81. The second-order valence-electron chi connectivity index (χ2n) is 3.97. The Hall–Kier alpha value is 0.180. The first-order valence-electron chi connectivity index (χ1n) is 4.49. The Bertz CT molecular complexity index is 196. The normalized spacial score (nSPS) is 33.6. The smallest absolute Gasteiger partial charge is 0.0731 e. The highest BCUT2D eigenvalue weighted by atomic mass is 79.9. The zero-order chi connectivity index (χ0) is 9.35. The van der Waals surface area contributed by atoms with Crippen molar-refractivity contribution in [3.05, 3.63) is 10.6 Å². The van der Waals surface area contributed by atoms with Gasteiger partial charge in [0.05, 0.1) is 6.10 Å². The summed E-state index contributed by atoms with van der Waals surface area (Å²) in [6.07, 6.45) is 2.58. The molecule has 70 valence electrons. The van der Waals surface area contributed by atoms with Crippen molar-refractivity contribution in [2.75, 3.05) is 6.61 Å². The van der Waals surface area contributed by atoms with Gasteiger partial charge in [-0.25, -0.2) is 0 Å². The van der Waals surface area contributed by atoms with E-state index in [-0.39, 0.29) is 5.41 Å². The average molecular weight is 233 g/mol. The van der Waals surface area contributed by atoms with Gasteiger partial charge in [-0.1, -0.05) is 42.8 Å². The summed E-state index contributed by atoms with van der Waals surface area (Å²) in [6, 6.07) is 0. The molecule has 0 fully saturated rings. The predicted octanol–water partition coefficient (Wildman–Crippen LogP) is 3.35. The predicted molar refractivity (Wildman–Crippen MR) is 55.4 cm³/mol. The minimum atomic E-state index is 0.148. The molecular weight excluding hydrogens is 216 g/mol. The maximum Gasteiger partial charge on any atom is 0.0731 e. The fraction of sp³-hybridized carbons (Fsp3) is 0.800. The molecule has 0 amide bonds. The van der Waals surface area contributed by atoms with Crippen LogP contribution in [0.5, 0.6) is 0 Å². The molecule has 0 spiro atoms. The Morgan fingerprint density at radius 2 is 2.17 bits per heavy atom. The van der Waals surface area contributed by atoms with Crippen LogP contribution in [0.25, 0.3) is 0 Å². The van der Waals surface area contributed by atoms with Crippen LogP contribution in [0, 0.1) is 11.3 Å². The standard InChI is InChI=1S/C10H17BrO/c1-5-12-9-7(2)6-8(11)10(9,3)4/h6-7,9H,5H2,1-4H3/t7-,9+/m1/s1. The van der Waals surface area contributed by atoms with Crippen molar-refractivity contribution >= 4 is 15.9 Å². The maximum absolute atomic E-state index is 5.72. The van der Waals surface area contributed by atoms with Gasteiger partial charge >= 0.3 is 0 Å². The molecule has 0 aromatic rings. The molecular formula is C10H17BrO. The third kappa shape index (κ3) is 1.60. The van der Waals surface area contributed by atoms with Crippen molar-refractivity contribution < 1.29 is 4.74 Å². The fourth-order valence-electron chi connectivity index (χ4n) is 1.87. The quantitative estimate of drug-likeness (QED) is 0.710. The lowest BCUT2D eigenvalue weighted by Crippen LogP contribution is -2.32. The van der Waals surface area contributed by atoms with Gasteiger partial charge in [-0.3, -0.25) is 0 Å². The molecule has 1 aliphatic rings. The molecule has 0 bridgehead atoms. The molecule has 2 heteroatoms. The van der Waals surface area contributed by atoms with Gasteiger partial charge < -0.3 is 4.74 Å². The summed E-state index contributed by atoms with van der Waals surface area (Å²) in [5.74, 6) is 0.523. The molecule has 0 saturated carbocycles. The lowest BCUT2D eigenvalue weighted by atomic mass is 9.87. The van der Waals surface area contributed by atoms with Crippen molar-refractivity contribution in [3.63, 3.8) is 0 Å². The van der Waals surface area contributed by atoms with Crippen molar-refractivity contribution in [1.29, 1.82) is 0 Å². The highest BCUT2D eigenvalue weighted by molar-refractivity contribution is 9.11. The zero-order valence-electron chi connectivity index (χ0n) is 8.23. The van der Waals surface area contributed by atoms with E-state index in [2.05, 4.69) is 49.7 Å². The van der Waals surface area contributed by atoms with E-state index in [1.54, 1.807) is 0 Å². The number of rotatable bonds is 2. The van der Waals surface area contributed by atoms with Gasteiger partial charge in [-0.05, 0) is 11.4 Å². The number of hydrogen-bond acceptors (Lipinski definition) is 1. The minimum absolute atomic E-state index is 0.148. The van der Waals surface area contributed by atoms with Gasteiger partial charge in [-0.2, -0.15) is 0 Å². The lowest BCUT2D eigenvalue weighted by molar-refractivity contribution is -0.0120. The maximum atomic E-state index is 5.72. The topological polar surface area (TPSA) is 9.23 Å². The fourth-order valence-corrected chi connectivity index (χ4v) is 2.51. The first-order chi connectivity index (χ1) is 5.50. The number of hydrogen-bond donors (Lipinski definition) is 0. The molecule has 0 heterocycles. The van der Waals surface area contributed by atoms with Gasteiger partial charge in [0.2, 0.25) is 0 Å². The molecule has 1 nitrogen and oxygen atoms in total. The van der Waals surface area contributed by atoms with Gasteiger partial charge in [0, 0.05) is 17.9 Å². The SMILES string of the molecule is CCO[C@H]1[C@H](C)C=C(Br)C1(C)C. The third-order valence-corrected chi connectivity index (χ3v) is 3.85. The van der Waals surface area contributed by atoms with Gasteiger partial charge in [0.15, 0.2) is 0 Å². The Morgan fingerprint density at radius 3 is 2.50 bits per heavy atom. The van der Waals surface area contributed by atoms with Crippen LogP contribution in [-0.2, 0) is 4.74 Å². The van der Waals surface area contributed by atoms with Crippen molar-refractivity contribution in [2.45, 2.75) is 33.8 Å². The Morgan fingerprint density at radius 1 is 1.58 bits per heavy atom. The van der Waals surface area contributed by atoms with E-state index in [0.717, 1.165) is 6.61 Å². The van der Waals surface area contributed by atoms with E-state index in [4.69, 9.17) is 4.74 Å². The summed E-state index contributed by atoms with van der Waals surface area (Å²) < 4.78 is 7.00. The van der Waals surface area contributed by atoms with E-state index in [9.17, 15) is 0 Å². The molecule has 0 aromatic carbocycles. The van der Waals surface area contributed by atoms with E-state index < -0.39 is 0 Å². The monoisotopic (exact) mass is 232 g/mol. The van der Waals surface area contributed by atoms with Crippen molar-refractivity contribution in [2.24, 2.45) is 11.3 Å². The average Bonchev–Trinajstić information content (AvgIpc) is 2.14. The number of halogens is 1. The van der Waals surface area contributed by atoms with Crippen LogP contribution in [-0.4, -0.2) is 12.7 Å². The second kappa shape index (κ2) is 3.51. The lowest BCUT2D eigenvalue weighted by Gasteiger charge is -2.30. The van der Waals surface area contributed by atoms with Crippen molar-refractivity contribution in [1.82, 2.24) is 0 Å². The Balaban J connectivity index is 2.77. The first kappa shape index (κ1) is 10.3. The summed E-state index contributed by atoms with van der Waals surface area (Å²) in [4.78, 5) is 0. The van der Waals surface area contributed by atoms with Crippen LogP contribution in [0.4, 0.5) is 0 Å². The van der Waals surface area contributed by atoms with E-state index in [1.807, 2.05) is 0 Å². The molecule has 0 aromatic heterocycles. The minimum Gasteiger partial charge on any atom is -0.377 e. The molecule has 0 saturated heterocycles. The molecule has 0 radical (unpaired) electrons. The van der Waals surface area contributed by atoms with Crippen LogP contribution in [0.3, 0.4) is 0 Å². The van der Waals surface area contributed by atoms with Crippen molar-refractivity contribution in [3.8, 4) is 0 Å².